The zero-order valence-corrected chi connectivity index (χ0v) is 16.0. The fourth-order valence-electron chi connectivity index (χ4n) is 4.02. The fraction of sp³-hybridized carbons (Fsp3) is 0.348. The van der Waals surface area contributed by atoms with Crippen LogP contribution in [0.3, 0.4) is 0 Å². The van der Waals surface area contributed by atoms with E-state index < -0.39 is 0 Å². The van der Waals surface area contributed by atoms with Gasteiger partial charge in [-0.05, 0) is 29.7 Å². The Balaban J connectivity index is 1.35. The molecule has 4 rings (SSSR count). The van der Waals surface area contributed by atoms with Gasteiger partial charge >= 0.3 is 0 Å². The van der Waals surface area contributed by atoms with E-state index in [2.05, 4.69) is 86.9 Å². The molecule has 0 bridgehead atoms. The van der Waals surface area contributed by atoms with Gasteiger partial charge in [-0.25, -0.2) is 0 Å². The summed E-state index contributed by atoms with van der Waals surface area (Å²) in [5.74, 6) is 1.59. The van der Waals surface area contributed by atoms with Crippen LogP contribution < -0.4 is 10.2 Å². The zero-order valence-electron chi connectivity index (χ0n) is 16.0. The van der Waals surface area contributed by atoms with Crippen molar-refractivity contribution in [2.24, 2.45) is 4.99 Å². The Hall–Kier alpha value is -2.75. The first-order valence-electron chi connectivity index (χ1n) is 9.83. The Morgan fingerprint density at radius 2 is 1.89 bits per heavy atom. The summed E-state index contributed by atoms with van der Waals surface area (Å²) in [6.07, 6.45) is 5.63. The second-order valence-corrected chi connectivity index (χ2v) is 7.29. The van der Waals surface area contributed by atoms with Crippen LogP contribution in [0.5, 0.6) is 0 Å². The molecule has 27 heavy (non-hydrogen) atoms. The Morgan fingerprint density at radius 3 is 2.67 bits per heavy atom. The lowest BCUT2D eigenvalue weighted by molar-refractivity contribution is 0.486. The molecule has 2 aliphatic rings. The third kappa shape index (κ3) is 4.16. The number of guanidine groups is 1. The normalized spacial score (nSPS) is 19.7. The van der Waals surface area contributed by atoms with E-state index in [1.54, 1.807) is 0 Å². The van der Waals surface area contributed by atoms with Gasteiger partial charge in [0.15, 0.2) is 5.96 Å². The first-order chi connectivity index (χ1) is 13.3. The number of anilines is 1. The molecular weight excluding hydrogens is 332 g/mol. The molecule has 0 saturated carbocycles. The van der Waals surface area contributed by atoms with Crippen LogP contribution >= 0.6 is 0 Å². The topological polar surface area (TPSA) is 30.9 Å². The minimum atomic E-state index is 0.593. The van der Waals surface area contributed by atoms with Gasteiger partial charge in [0.2, 0.25) is 0 Å². The number of nitrogens with zero attached hydrogens (tertiary/aromatic N) is 3. The van der Waals surface area contributed by atoms with Crippen molar-refractivity contribution in [2.45, 2.75) is 18.9 Å². The Kier molecular flexibility index (Phi) is 5.42. The van der Waals surface area contributed by atoms with E-state index in [0.29, 0.717) is 5.92 Å². The molecule has 1 saturated heterocycles. The lowest BCUT2D eigenvalue weighted by Gasteiger charge is -2.22. The van der Waals surface area contributed by atoms with E-state index in [1.807, 2.05) is 7.05 Å². The summed E-state index contributed by atoms with van der Waals surface area (Å²) in [6, 6.07) is 19.6. The van der Waals surface area contributed by atoms with Gasteiger partial charge < -0.3 is 15.1 Å². The van der Waals surface area contributed by atoms with Crippen molar-refractivity contribution in [3.05, 3.63) is 77.9 Å². The molecule has 1 atom stereocenters. The highest BCUT2D eigenvalue weighted by Crippen LogP contribution is 2.27. The molecule has 2 heterocycles. The SMILES string of the molecule is CN=C(NCc1cccc(N2CC=CC2)c1)N1CCC(c2ccccc2)C1. The van der Waals surface area contributed by atoms with Gasteiger partial charge in [-0.3, -0.25) is 4.99 Å². The van der Waals surface area contributed by atoms with Crippen molar-refractivity contribution in [3.8, 4) is 0 Å². The Labute approximate surface area is 162 Å². The summed E-state index contributed by atoms with van der Waals surface area (Å²) in [4.78, 5) is 9.28. The molecular formula is C23H28N4. The maximum atomic E-state index is 4.52. The summed E-state index contributed by atoms with van der Waals surface area (Å²) in [5.41, 5.74) is 4.02. The monoisotopic (exact) mass is 360 g/mol. The first kappa shape index (κ1) is 17.7. The zero-order chi connectivity index (χ0) is 18.5. The van der Waals surface area contributed by atoms with Crippen molar-refractivity contribution in [1.82, 2.24) is 10.2 Å². The molecule has 0 aromatic heterocycles. The van der Waals surface area contributed by atoms with Gasteiger partial charge in [-0.1, -0.05) is 54.6 Å². The van der Waals surface area contributed by atoms with Gasteiger partial charge in [0.05, 0.1) is 0 Å². The lowest BCUT2D eigenvalue weighted by Crippen LogP contribution is -2.39. The van der Waals surface area contributed by atoms with Crippen molar-refractivity contribution in [3.63, 3.8) is 0 Å². The Bertz CT molecular complexity index is 804. The molecule has 1 N–H and O–H groups in total. The largest absolute Gasteiger partial charge is 0.364 e. The van der Waals surface area contributed by atoms with E-state index in [4.69, 9.17) is 0 Å². The quantitative estimate of drug-likeness (QED) is 0.513. The third-order valence-corrected chi connectivity index (χ3v) is 5.52. The van der Waals surface area contributed by atoms with Gasteiger partial charge in [0.25, 0.3) is 0 Å². The summed E-state index contributed by atoms with van der Waals surface area (Å²) >= 11 is 0. The van der Waals surface area contributed by atoms with Crippen molar-refractivity contribution >= 4 is 11.6 Å². The van der Waals surface area contributed by atoms with Crippen LogP contribution in [-0.2, 0) is 6.54 Å². The molecule has 0 spiro atoms. The maximum Gasteiger partial charge on any atom is 0.193 e. The minimum absolute atomic E-state index is 0.593. The van der Waals surface area contributed by atoms with Crippen LogP contribution in [0.15, 0.2) is 71.7 Å². The van der Waals surface area contributed by atoms with Gasteiger partial charge in [0, 0.05) is 51.4 Å². The van der Waals surface area contributed by atoms with E-state index >= 15 is 0 Å². The number of rotatable bonds is 4. The Morgan fingerprint density at radius 1 is 1.07 bits per heavy atom. The van der Waals surface area contributed by atoms with E-state index in [1.165, 1.54) is 23.2 Å². The standard InChI is InChI=1S/C23H28N4/c1-24-23(27-15-12-21(18-27)20-9-3-2-4-10-20)25-17-19-8-7-11-22(16-19)26-13-5-6-14-26/h2-11,16,21H,12-15,17-18H2,1H3,(H,24,25). The van der Waals surface area contributed by atoms with Gasteiger partial charge in [0.1, 0.15) is 0 Å². The highest BCUT2D eigenvalue weighted by atomic mass is 15.3. The number of hydrogen-bond acceptors (Lipinski definition) is 2. The molecule has 2 aromatic rings. The predicted molar refractivity (Wildman–Crippen MR) is 113 cm³/mol. The van der Waals surface area contributed by atoms with E-state index in [0.717, 1.165) is 38.7 Å². The van der Waals surface area contributed by atoms with Crippen molar-refractivity contribution in [1.29, 1.82) is 0 Å². The molecule has 4 heteroatoms. The summed E-state index contributed by atoms with van der Waals surface area (Å²) < 4.78 is 0. The summed E-state index contributed by atoms with van der Waals surface area (Å²) in [5, 5.41) is 3.56. The van der Waals surface area contributed by atoms with Crippen LogP contribution in [-0.4, -0.2) is 44.1 Å². The average Bonchev–Trinajstić information content (AvgIpc) is 3.42. The van der Waals surface area contributed by atoms with E-state index in [9.17, 15) is 0 Å². The maximum absolute atomic E-state index is 4.52. The first-order valence-corrected chi connectivity index (χ1v) is 9.83. The molecule has 1 fully saturated rings. The molecule has 0 aliphatic carbocycles. The van der Waals surface area contributed by atoms with Crippen LogP contribution in [0.1, 0.15) is 23.5 Å². The summed E-state index contributed by atoms with van der Waals surface area (Å²) in [7, 11) is 1.88. The van der Waals surface area contributed by atoms with Crippen LogP contribution in [0.25, 0.3) is 0 Å². The van der Waals surface area contributed by atoms with Crippen LogP contribution in [0.2, 0.25) is 0 Å². The smallest absolute Gasteiger partial charge is 0.193 e. The number of likely N-dealkylation sites (tertiary alicyclic amines) is 1. The number of nitrogens with one attached hydrogen (secondary N) is 1. The minimum Gasteiger partial charge on any atom is -0.364 e. The van der Waals surface area contributed by atoms with Crippen molar-refractivity contribution in [2.75, 3.05) is 38.1 Å². The molecule has 140 valence electrons. The lowest BCUT2D eigenvalue weighted by atomic mass is 9.99. The molecule has 0 amide bonds. The third-order valence-electron chi connectivity index (χ3n) is 5.52. The molecule has 2 aliphatic heterocycles. The highest BCUT2D eigenvalue weighted by molar-refractivity contribution is 5.80. The average molecular weight is 361 g/mol. The number of hydrogen-bond donors (Lipinski definition) is 1. The summed E-state index contributed by atoms with van der Waals surface area (Å²) in [6.45, 7) is 4.90. The number of aliphatic imine (C=N–C) groups is 1. The fourth-order valence-corrected chi connectivity index (χ4v) is 4.02. The van der Waals surface area contributed by atoms with Crippen LogP contribution in [0, 0.1) is 0 Å². The van der Waals surface area contributed by atoms with Crippen molar-refractivity contribution < 1.29 is 0 Å². The van der Waals surface area contributed by atoms with Gasteiger partial charge in [-0.15, -0.1) is 0 Å². The van der Waals surface area contributed by atoms with Crippen LogP contribution in [0.4, 0.5) is 5.69 Å². The second-order valence-electron chi connectivity index (χ2n) is 7.29. The van der Waals surface area contributed by atoms with Gasteiger partial charge in [-0.2, -0.15) is 0 Å². The molecule has 1 unspecified atom stereocenters. The molecule has 0 radical (unpaired) electrons. The number of benzene rings is 2. The molecule has 2 aromatic carbocycles. The second kappa shape index (κ2) is 8.30. The van der Waals surface area contributed by atoms with E-state index in [-0.39, 0.29) is 0 Å². The molecule has 4 nitrogen and oxygen atoms in total. The predicted octanol–water partition coefficient (Wildman–Crippen LogP) is 3.63. The highest BCUT2D eigenvalue weighted by Gasteiger charge is 2.25.